The quantitative estimate of drug-likeness (QED) is 0.646. The lowest BCUT2D eigenvalue weighted by molar-refractivity contribution is -0.135. The van der Waals surface area contributed by atoms with Crippen molar-refractivity contribution in [1.82, 2.24) is 10.2 Å². The molecule has 0 aliphatic carbocycles. The number of ether oxygens (including phenoxy) is 1. The lowest BCUT2D eigenvalue weighted by atomic mass is 10.2. The van der Waals surface area contributed by atoms with E-state index in [1.165, 1.54) is 0 Å². The molecule has 1 aliphatic rings. The van der Waals surface area contributed by atoms with Crippen LogP contribution in [-0.2, 0) is 9.53 Å². The molecule has 1 N–H and O–H groups in total. The topological polar surface area (TPSA) is 41.6 Å². The van der Waals surface area contributed by atoms with Gasteiger partial charge in [-0.1, -0.05) is 0 Å². The summed E-state index contributed by atoms with van der Waals surface area (Å²) < 4.78 is 5.23. The van der Waals surface area contributed by atoms with Crippen molar-refractivity contribution < 1.29 is 9.53 Å². The number of carbonyl (C=O) groups is 1. The van der Waals surface area contributed by atoms with Gasteiger partial charge in [0.05, 0.1) is 6.04 Å². The summed E-state index contributed by atoms with van der Waals surface area (Å²) in [5.74, 6) is 0.216. The summed E-state index contributed by atoms with van der Waals surface area (Å²) in [6.45, 7) is 7.96. The van der Waals surface area contributed by atoms with Crippen LogP contribution in [0, 0.1) is 0 Å². The van der Waals surface area contributed by atoms with E-state index in [9.17, 15) is 4.79 Å². The van der Waals surface area contributed by atoms with Gasteiger partial charge in [-0.15, -0.1) is 0 Å². The molecule has 0 spiro atoms. The predicted molar refractivity (Wildman–Crippen MR) is 55.2 cm³/mol. The first kappa shape index (κ1) is 11.5. The maximum atomic E-state index is 11.6. The van der Waals surface area contributed by atoms with Crippen molar-refractivity contribution >= 4 is 5.91 Å². The van der Waals surface area contributed by atoms with Crippen molar-refractivity contribution in [2.45, 2.75) is 26.3 Å². The van der Waals surface area contributed by atoms with Crippen LogP contribution in [-0.4, -0.2) is 49.7 Å². The molecule has 1 saturated heterocycles. The van der Waals surface area contributed by atoms with Crippen LogP contribution < -0.4 is 5.32 Å². The third kappa shape index (κ3) is 3.27. The van der Waals surface area contributed by atoms with Crippen molar-refractivity contribution in [3.8, 4) is 0 Å². The molecule has 0 aromatic heterocycles. The molecule has 1 aliphatic heterocycles. The monoisotopic (exact) mass is 200 g/mol. The average molecular weight is 200 g/mol. The lowest BCUT2D eigenvalue weighted by Gasteiger charge is -2.31. The van der Waals surface area contributed by atoms with Gasteiger partial charge in [-0.2, -0.15) is 0 Å². The summed E-state index contributed by atoms with van der Waals surface area (Å²) >= 11 is 0. The minimum absolute atomic E-state index is 0.0177. The van der Waals surface area contributed by atoms with Gasteiger partial charge < -0.3 is 15.0 Å². The first-order valence-corrected chi connectivity index (χ1v) is 5.35. The molecular weight excluding hydrogens is 180 g/mol. The lowest BCUT2D eigenvalue weighted by Crippen LogP contribution is -2.53. The first-order valence-electron chi connectivity index (χ1n) is 5.35. The molecule has 0 radical (unpaired) electrons. The Balaban J connectivity index is 2.19. The second kappa shape index (κ2) is 5.98. The molecule has 1 unspecified atom stereocenters. The van der Waals surface area contributed by atoms with Crippen LogP contribution in [0.5, 0.6) is 0 Å². The van der Waals surface area contributed by atoms with E-state index in [-0.39, 0.29) is 11.9 Å². The molecule has 0 bridgehead atoms. The van der Waals surface area contributed by atoms with Crippen LogP contribution in [0.2, 0.25) is 0 Å². The molecule has 1 amide bonds. The van der Waals surface area contributed by atoms with Crippen LogP contribution in [0.3, 0.4) is 0 Å². The van der Waals surface area contributed by atoms with Crippen LogP contribution in [0.4, 0.5) is 0 Å². The van der Waals surface area contributed by atoms with Gasteiger partial charge in [-0.05, 0) is 20.3 Å². The normalized spacial score (nSPS) is 22.9. The summed E-state index contributed by atoms with van der Waals surface area (Å²) in [5.41, 5.74) is 0. The highest BCUT2D eigenvalue weighted by Gasteiger charge is 2.23. The highest BCUT2D eigenvalue weighted by molar-refractivity contribution is 5.82. The van der Waals surface area contributed by atoms with E-state index in [2.05, 4.69) is 5.32 Å². The second-order valence-corrected chi connectivity index (χ2v) is 3.55. The number of carbonyl (C=O) groups excluding carboxylic acids is 1. The van der Waals surface area contributed by atoms with Gasteiger partial charge in [0, 0.05) is 32.8 Å². The van der Waals surface area contributed by atoms with E-state index in [0.717, 1.165) is 39.3 Å². The van der Waals surface area contributed by atoms with E-state index < -0.39 is 0 Å². The molecule has 0 aromatic carbocycles. The molecule has 14 heavy (non-hydrogen) atoms. The Morgan fingerprint density at radius 2 is 2.43 bits per heavy atom. The first-order chi connectivity index (χ1) is 6.75. The predicted octanol–water partition coefficient (Wildman–Crippen LogP) is 0.233. The zero-order chi connectivity index (χ0) is 10.4. The van der Waals surface area contributed by atoms with Gasteiger partial charge in [-0.3, -0.25) is 4.79 Å². The summed E-state index contributed by atoms with van der Waals surface area (Å²) in [4.78, 5) is 13.5. The maximum absolute atomic E-state index is 11.6. The third-order valence-corrected chi connectivity index (χ3v) is 2.44. The number of amides is 1. The highest BCUT2D eigenvalue weighted by atomic mass is 16.5. The Morgan fingerprint density at radius 3 is 3.14 bits per heavy atom. The Labute approximate surface area is 85.6 Å². The number of hydrogen-bond donors (Lipinski definition) is 1. The minimum Gasteiger partial charge on any atom is -0.382 e. The van der Waals surface area contributed by atoms with E-state index >= 15 is 0 Å². The SMILES string of the molecule is CCOCCCN1CCNC(C)C1=O. The average Bonchev–Trinajstić information content (AvgIpc) is 2.19. The van der Waals surface area contributed by atoms with Gasteiger partial charge in [0.2, 0.25) is 5.91 Å². The van der Waals surface area contributed by atoms with Gasteiger partial charge >= 0.3 is 0 Å². The fourth-order valence-corrected chi connectivity index (χ4v) is 1.61. The molecule has 1 heterocycles. The maximum Gasteiger partial charge on any atom is 0.239 e. The molecule has 1 rings (SSSR count). The van der Waals surface area contributed by atoms with Crippen molar-refractivity contribution in [2.75, 3.05) is 32.8 Å². The third-order valence-electron chi connectivity index (χ3n) is 2.44. The number of rotatable bonds is 5. The molecule has 4 nitrogen and oxygen atoms in total. The van der Waals surface area contributed by atoms with Crippen LogP contribution >= 0.6 is 0 Å². The van der Waals surface area contributed by atoms with E-state index in [4.69, 9.17) is 4.74 Å². The smallest absolute Gasteiger partial charge is 0.239 e. The van der Waals surface area contributed by atoms with Crippen molar-refractivity contribution in [1.29, 1.82) is 0 Å². The summed E-state index contributed by atoms with van der Waals surface area (Å²) in [6, 6.07) is -0.0177. The Bertz CT molecular complexity index is 185. The second-order valence-electron chi connectivity index (χ2n) is 3.55. The van der Waals surface area contributed by atoms with Gasteiger partial charge in [0.1, 0.15) is 0 Å². The van der Waals surface area contributed by atoms with E-state index in [1.807, 2.05) is 18.7 Å². The molecule has 4 heteroatoms. The summed E-state index contributed by atoms with van der Waals surface area (Å²) in [6.07, 6.45) is 0.937. The fourth-order valence-electron chi connectivity index (χ4n) is 1.61. The minimum atomic E-state index is -0.0177. The standard InChI is InChI=1S/C10H20N2O2/c1-3-14-8-4-6-12-7-5-11-9(2)10(12)13/h9,11H,3-8H2,1-2H3. The Morgan fingerprint density at radius 1 is 1.64 bits per heavy atom. The Hall–Kier alpha value is -0.610. The van der Waals surface area contributed by atoms with Crippen LogP contribution in [0.25, 0.3) is 0 Å². The molecule has 0 aromatic rings. The van der Waals surface area contributed by atoms with Crippen molar-refractivity contribution in [2.24, 2.45) is 0 Å². The van der Waals surface area contributed by atoms with Gasteiger partial charge in [-0.25, -0.2) is 0 Å². The van der Waals surface area contributed by atoms with E-state index in [1.54, 1.807) is 0 Å². The Kier molecular flexibility index (Phi) is 4.90. The largest absolute Gasteiger partial charge is 0.382 e. The highest BCUT2D eigenvalue weighted by Crippen LogP contribution is 2.01. The van der Waals surface area contributed by atoms with Gasteiger partial charge in [0.25, 0.3) is 0 Å². The number of hydrogen-bond acceptors (Lipinski definition) is 3. The molecular formula is C10H20N2O2. The molecule has 1 atom stereocenters. The number of piperazine rings is 1. The molecule has 82 valence electrons. The van der Waals surface area contributed by atoms with Gasteiger partial charge in [0.15, 0.2) is 0 Å². The zero-order valence-electron chi connectivity index (χ0n) is 9.08. The summed E-state index contributed by atoms with van der Waals surface area (Å²) in [5, 5.41) is 3.14. The summed E-state index contributed by atoms with van der Waals surface area (Å²) in [7, 11) is 0. The van der Waals surface area contributed by atoms with E-state index in [0.29, 0.717) is 0 Å². The van der Waals surface area contributed by atoms with Crippen molar-refractivity contribution in [3.63, 3.8) is 0 Å². The number of nitrogens with zero attached hydrogens (tertiary/aromatic N) is 1. The number of nitrogens with one attached hydrogen (secondary N) is 1. The fraction of sp³-hybridized carbons (Fsp3) is 0.900. The van der Waals surface area contributed by atoms with Crippen LogP contribution in [0.1, 0.15) is 20.3 Å². The van der Waals surface area contributed by atoms with Crippen LogP contribution in [0.15, 0.2) is 0 Å². The molecule has 1 fully saturated rings. The molecule has 0 saturated carbocycles. The zero-order valence-corrected chi connectivity index (χ0v) is 9.08. The van der Waals surface area contributed by atoms with Crippen molar-refractivity contribution in [3.05, 3.63) is 0 Å².